The predicted molar refractivity (Wildman–Crippen MR) is 65.7 cm³/mol. The Kier molecular flexibility index (Phi) is 4.61. The number of hydrogen-bond acceptors (Lipinski definition) is 2. The average Bonchev–Trinajstić information content (AvgIpc) is 2.18. The molecule has 0 saturated heterocycles. The van der Waals surface area contributed by atoms with Crippen LogP contribution in [0.25, 0.3) is 0 Å². The van der Waals surface area contributed by atoms with Gasteiger partial charge < -0.3 is 5.73 Å². The molecule has 0 spiro atoms. The molecule has 84 valence electrons. The molecule has 0 bridgehead atoms. The SMILES string of the molecule is Cc1cc(C(N)CSC(C)C)ccc1F. The van der Waals surface area contributed by atoms with E-state index in [-0.39, 0.29) is 11.9 Å². The zero-order valence-corrected chi connectivity index (χ0v) is 10.3. The minimum absolute atomic E-state index is 0.00306. The van der Waals surface area contributed by atoms with Gasteiger partial charge in [-0.3, -0.25) is 0 Å². The van der Waals surface area contributed by atoms with E-state index in [1.807, 2.05) is 17.8 Å². The molecule has 0 radical (unpaired) electrons. The van der Waals surface area contributed by atoms with Crippen molar-refractivity contribution in [2.75, 3.05) is 5.75 Å². The van der Waals surface area contributed by atoms with Crippen molar-refractivity contribution in [2.45, 2.75) is 32.1 Å². The van der Waals surface area contributed by atoms with Crippen LogP contribution in [0.3, 0.4) is 0 Å². The van der Waals surface area contributed by atoms with Gasteiger partial charge in [0.2, 0.25) is 0 Å². The first-order valence-electron chi connectivity index (χ1n) is 5.14. The summed E-state index contributed by atoms with van der Waals surface area (Å²) < 4.78 is 13.0. The highest BCUT2D eigenvalue weighted by atomic mass is 32.2. The lowest BCUT2D eigenvalue weighted by atomic mass is 10.1. The molecule has 0 fully saturated rings. The van der Waals surface area contributed by atoms with Crippen molar-refractivity contribution >= 4 is 11.8 Å². The Hall–Kier alpha value is -0.540. The molecule has 0 amide bonds. The van der Waals surface area contributed by atoms with E-state index < -0.39 is 0 Å². The van der Waals surface area contributed by atoms with Gasteiger partial charge in [-0.2, -0.15) is 11.8 Å². The van der Waals surface area contributed by atoms with Gasteiger partial charge in [0.15, 0.2) is 0 Å². The molecule has 1 atom stereocenters. The fourth-order valence-electron chi connectivity index (χ4n) is 1.29. The average molecular weight is 227 g/mol. The third-order valence-corrected chi connectivity index (χ3v) is 3.44. The fraction of sp³-hybridized carbons (Fsp3) is 0.500. The van der Waals surface area contributed by atoms with Gasteiger partial charge in [0, 0.05) is 11.8 Å². The van der Waals surface area contributed by atoms with Gasteiger partial charge in [0.05, 0.1) is 0 Å². The summed E-state index contributed by atoms with van der Waals surface area (Å²) in [5.74, 6) is 0.713. The fourth-order valence-corrected chi connectivity index (χ4v) is 2.08. The molecule has 0 heterocycles. The maximum atomic E-state index is 13.0. The summed E-state index contributed by atoms with van der Waals surface area (Å²) in [5, 5.41) is 0.581. The maximum absolute atomic E-state index is 13.0. The van der Waals surface area contributed by atoms with Crippen molar-refractivity contribution in [3.8, 4) is 0 Å². The standard InChI is InChI=1S/C12H18FNS/c1-8(2)15-7-12(14)10-4-5-11(13)9(3)6-10/h4-6,8,12H,7,14H2,1-3H3. The van der Waals surface area contributed by atoms with Crippen LogP contribution in [-0.4, -0.2) is 11.0 Å². The lowest BCUT2D eigenvalue weighted by molar-refractivity contribution is 0.616. The molecule has 15 heavy (non-hydrogen) atoms. The molecule has 0 saturated carbocycles. The second kappa shape index (κ2) is 5.52. The van der Waals surface area contributed by atoms with Crippen LogP contribution in [0.2, 0.25) is 0 Å². The monoisotopic (exact) mass is 227 g/mol. The predicted octanol–water partition coefficient (Wildman–Crippen LogP) is 3.28. The molecule has 0 aliphatic carbocycles. The molecule has 1 rings (SSSR count). The molecule has 0 aliphatic heterocycles. The lowest BCUT2D eigenvalue weighted by Crippen LogP contribution is -2.14. The van der Waals surface area contributed by atoms with Gasteiger partial charge in [0.25, 0.3) is 0 Å². The van der Waals surface area contributed by atoms with E-state index in [2.05, 4.69) is 13.8 Å². The maximum Gasteiger partial charge on any atom is 0.126 e. The van der Waals surface area contributed by atoms with Gasteiger partial charge in [0.1, 0.15) is 5.82 Å². The van der Waals surface area contributed by atoms with Crippen LogP contribution in [0.5, 0.6) is 0 Å². The molecule has 1 nitrogen and oxygen atoms in total. The molecule has 1 aromatic rings. The van der Waals surface area contributed by atoms with Gasteiger partial charge in [-0.1, -0.05) is 26.0 Å². The summed E-state index contributed by atoms with van der Waals surface area (Å²) >= 11 is 1.83. The molecule has 0 aliphatic rings. The Balaban J connectivity index is 2.65. The summed E-state index contributed by atoms with van der Waals surface area (Å²) in [6.07, 6.45) is 0. The van der Waals surface area contributed by atoms with Crippen LogP contribution in [0, 0.1) is 12.7 Å². The van der Waals surface area contributed by atoms with E-state index in [0.717, 1.165) is 11.3 Å². The smallest absolute Gasteiger partial charge is 0.126 e. The number of rotatable bonds is 4. The first kappa shape index (κ1) is 12.5. The zero-order chi connectivity index (χ0) is 11.4. The summed E-state index contributed by atoms with van der Waals surface area (Å²) in [6.45, 7) is 6.06. The molecular formula is C12H18FNS. The first-order chi connectivity index (χ1) is 7.00. The van der Waals surface area contributed by atoms with Gasteiger partial charge in [-0.25, -0.2) is 4.39 Å². The van der Waals surface area contributed by atoms with Crippen molar-refractivity contribution in [1.82, 2.24) is 0 Å². The number of hydrogen-bond donors (Lipinski definition) is 1. The molecule has 3 heteroatoms. The summed E-state index contributed by atoms with van der Waals surface area (Å²) in [4.78, 5) is 0. The van der Waals surface area contributed by atoms with Crippen molar-refractivity contribution in [3.05, 3.63) is 35.1 Å². The largest absolute Gasteiger partial charge is 0.323 e. The van der Waals surface area contributed by atoms with E-state index in [0.29, 0.717) is 10.8 Å². The quantitative estimate of drug-likeness (QED) is 0.854. The third kappa shape index (κ3) is 3.84. The van der Waals surface area contributed by atoms with Crippen molar-refractivity contribution in [3.63, 3.8) is 0 Å². The lowest BCUT2D eigenvalue weighted by Gasteiger charge is -2.14. The van der Waals surface area contributed by atoms with E-state index in [1.54, 1.807) is 13.0 Å². The van der Waals surface area contributed by atoms with Gasteiger partial charge in [-0.05, 0) is 29.4 Å². The highest BCUT2D eigenvalue weighted by molar-refractivity contribution is 7.99. The highest BCUT2D eigenvalue weighted by Gasteiger charge is 2.08. The third-order valence-electron chi connectivity index (χ3n) is 2.22. The van der Waals surface area contributed by atoms with Crippen LogP contribution in [0.4, 0.5) is 4.39 Å². The Morgan fingerprint density at radius 1 is 1.40 bits per heavy atom. The second-order valence-electron chi connectivity index (χ2n) is 4.00. The minimum Gasteiger partial charge on any atom is -0.323 e. The Morgan fingerprint density at radius 2 is 2.07 bits per heavy atom. The van der Waals surface area contributed by atoms with E-state index >= 15 is 0 Å². The number of nitrogens with two attached hydrogens (primary N) is 1. The topological polar surface area (TPSA) is 26.0 Å². The summed E-state index contributed by atoms with van der Waals surface area (Å²) in [6, 6.07) is 5.09. The van der Waals surface area contributed by atoms with E-state index in [1.165, 1.54) is 6.07 Å². The van der Waals surface area contributed by atoms with Crippen LogP contribution >= 0.6 is 11.8 Å². The number of halogens is 1. The van der Waals surface area contributed by atoms with Crippen LogP contribution in [0.1, 0.15) is 31.0 Å². The van der Waals surface area contributed by atoms with Crippen molar-refractivity contribution in [2.24, 2.45) is 5.73 Å². The number of thioether (sulfide) groups is 1. The number of aryl methyl sites for hydroxylation is 1. The molecule has 1 unspecified atom stereocenters. The van der Waals surface area contributed by atoms with Crippen LogP contribution in [-0.2, 0) is 0 Å². The molecule has 0 aromatic heterocycles. The van der Waals surface area contributed by atoms with E-state index in [4.69, 9.17) is 5.73 Å². The first-order valence-corrected chi connectivity index (χ1v) is 6.19. The molecule has 2 N–H and O–H groups in total. The normalized spacial score (nSPS) is 13.2. The van der Waals surface area contributed by atoms with Crippen LogP contribution < -0.4 is 5.73 Å². The van der Waals surface area contributed by atoms with Gasteiger partial charge >= 0.3 is 0 Å². The Morgan fingerprint density at radius 3 is 2.60 bits per heavy atom. The zero-order valence-electron chi connectivity index (χ0n) is 9.46. The minimum atomic E-state index is -0.164. The van der Waals surface area contributed by atoms with E-state index in [9.17, 15) is 4.39 Å². The van der Waals surface area contributed by atoms with Crippen molar-refractivity contribution < 1.29 is 4.39 Å². The van der Waals surface area contributed by atoms with Crippen LogP contribution in [0.15, 0.2) is 18.2 Å². The highest BCUT2D eigenvalue weighted by Crippen LogP contribution is 2.20. The van der Waals surface area contributed by atoms with Crippen molar-refractivity contribution in [1.29, 1.82) is 0 Å². The molecular weight excluding hydrogens is 209 g/mol. The summed E-state index contributed by atoms with van der Waals surface area (Å²) in [7, 11) is 0. The second-order valence-corrected chi connectivity index (χ2v) is 5.61. The molecule has 1 aromatic carbocycles. The number of benzene rings is 1. The summed E-state index contributed by atoms with van der Waals surface area (Å²) in [5.41, 5.74) is 7.70. The Labute approximate surface area is 95.2 Å². The van der Waals surface area contributed by atoms with Gasteiger partial charge in [-0.15, -0.1) is 0 Å². The Bertz CT molecular complexity index is 325.